The third-order valence-corrected chi connectivity index (χ3v) is 9.63. The van der Waals surface area contributed by atoms with Crippen molar-refractivity contribution in [2.75, 3.05) is 0 Å². The summed E-state index contributed by atoms with van der Waals surface area (Å²) < 4.78 is 7.07. The van der Waals surface area contributed by atoms with Crippen molar-refractivity contribution >= 4 is 67.0 Å². The number of nitrogens with zero attached hydrogens (tertiary/aromatic N) is 3. The SMILES string of the molecule is CCCCCC(C)(C)N(Sc1nc2ccccc2s1)Sc1nc2ccccc2s1. The van der Waals surface area contributed by atoms with E-state index in [0.29, 0.717) is 0 Å². The van der Waals surface area contributed by atoms with Crippen molar-refractivity contribution < 1.29 is 0 Å². The minimum atomic E-state index is 0.0280. The van der Waals surface area contributed by atoms with Gasteiger partial charge < -0.3 is 0 Å². The molecule has 0 unspecified atom stereocenters. The Bertz CT molecular complexity index is 944. The zero-order chi connectivity index (χ0) is 20.3. The second kappa shape index (κ2) is 9.35. The van der Waals surface area contributed by atoms with E-state index in [4.69, 9.17) is 9.97 Å². The highest BCUT2D eigenvalue weighted by Gasteiger charge is 2.30. The Hall–Kier alpha value is -1.12. The van der Waals surface area contributed by atoms with Crippen molar-refractivity contribution in [3.63, 3.8) is 0 Å². The summed E-state index contributed by atoms with van der Waals surface area (Å²) in [6.07, 6.45) is 4.90. The fourth-order valence-electron chi connectivity index (χ4n) is 3.09. The summed E-state index contributed by atoms with van der Waals surface area (Å²) in [5, 5.41) is 0. The maximum atomic E-state index is 4.86. The molecule has 4 rings (SSSR count). The van der Waals surface area contributed by atoms with Gasteiger partial charge in [-0.2, -0.15) is 3.71 Å². The van der Waals surface area contributed by atoms with Gasteiger partial charge in [0.25, 0.3) is 0 Å². The third kappa shape index (κ3) is 5.14. The molecule has 152 valence electrons. The van der Waals surface area contributed by atoms with Crippen molar-refractivity contribution in [3.8, 4) is 0 Å². The summed E-state index contributed by atoms with van der Waals surface area (Å²) in [5.74, 6) is 0. The highest BCUT2D eigenvalue weighted by molar-refractivity contribution is 8.13. The van der Waals surface area contributed by atoms with E-state index in [0.717, 1.165) is 26.1 Å². The molecule has 4 aromatic rings. The smallest absolute Gasteiger partial charge is 0.167 e. The number of thiazole rings is 2. The first-order valence-electron chi connectivity index (χ1n) is 9.92. The van der Waals surface area contributed by atoms with Crippen LogP contribution in [0.3, 0.4) is 0 Å². The van der Waals surface area contributed by atoms with Crippen LogP contribution < -0.4 is 0 Å². The summed E-state index contributed by atoms with van der Waals surface area (Å²) in [6, 6.07) is 16.7. The minimum absolute atomic E-state index is 0.0280. The number of para-hydroxylation sites is 2. The molecule has 7 heteroatoms. The van der Waals surface area contributed by atoms with Crippen LogP contribution in [0.15, 0.2) is 57.2 Å². The summed E-state index contributed by atoms with van der Waals surface area (Å²) >= 11 is 7.04. The predicted molar refractivity (Wildman–Crippen MR) is 131 cm³/mol. The van der Waals surface area contributed by atoms with Crippen LogP contribution in [0.4, 0.5) is 0 Å². The molecule has 0 atom stereocenters. The van der Waals surface area contributed by atoms with Crippen LogP contribution in [0.1, 0.15) is 46.5 Å². The molecule has 0 saturated carbocycles. The Morgan fingerprint density at radius 3 is 1.83 bits per heavy atom. The number of hydrogen-bond acceptors (Lipinski definition) is 7. The van der Waals surface area contributed by atoms with Gasteiger partial charge in [-0.3, -0.25) is 0 Å². The first-order chi connectivity index (χ1) is 14.0. The summed E-state index contributed by atoms with van der Waals surface area (Å²) in [5.41, 5.74) is 2.18. The van der Waals surface area contributed by atoms with Gasteiger partial charge in [0.05, 0.1) is 20.4 Å². The molecule has 0 aliphatic rings. The summed E-state index contributed by atoms with van der Waals surface area (Å²) in [6.45, 7) is 6.93. The van der Waals surface area contributed by atoms with Gasteiger partial charge in [0.15, 0.2) is 8.68 Å². The zero-order valence-corrected chi connectivity index (χ0v) is 20.2. The molecule has 3 nitrogen and oxygen atoms in total. The lowest BCUT2D eigenvalue weighted by molar-refractivity contribution is 0.331. The Morgan fingerprint density at radius 2 is 1.34 bits per heavy atom. The minimum Gasteiger partial charge on any atom is -0.228 e. The Balaban J connectivity index is 1.60. The molecule has 0 aliphatic heterocycles. The van der Waals surface area contributed by atoms with Crippen LogP contribution in [0.5, 0.6) is 0 Å². The van der Waals surface area contributed by atoms with E-state index in [1.807, 2.05) is 0 Å². The molecule has 2 heterocycles. The molecule has 29 heavy (non-hydrogen) atoms. The van der Waals surface area contributed by atoms with Gasteiger partial charge in [-0.25, -0.2) is 9.97 Å². The van der Waals surface area contributed by atoms with E-state index < -0.39 is 0 Å². The topological polar surface area (TPSA) is 29.0 Å². The molecule has 0 fully saturated rings. The van der Waals surface area contributed by atoms with E-state index in [2.05, 4.69) is 73.0 Å². The largest absolute Gasteiger partial charge is 0.228 e. The molecular weight excluding hydrogens is 435 g/mol. The van der Waals surface area contributed by atoms with Crippen molar-refractivity contribution in [2.24, 2.45) is 0 Å². The van der Waals surface area contributed by atoms with Crippen LogP contribution >= 0.6 is 46.6 Å². The van der Waals surface area contributed by atoms with Gasteiger partial charge in [-0.1, -0.05) is 50.5 Å². The van der Waals surface area contributed by atoms with Crippen molar-refractivity contribution in [1.82, 2.24) is 13.7 Å². The average Bonchev–Trinajstić information content (AvgIpc) is 3.30. The average molecular weight is 460 g/mol. The Labute approximate surface area is 189 Å². The van der Waals surface area contributed by atoms with Crippen LogP contribution in [-0.4, -0.2) is 19.2 Å². The molecule has 0 amide bonds. The van der Waals surface area contributed by atoms with E-state index >= 15 is 0 Å². The first kappa shape index (κ1) is 21.1. The molecule has 0 saturated heterocycles. The third-order valence-electron chi connectivity index (χ3n) is 4.76. The molecule has 0 N–H and O–H groups in total. The van der Waals surface area contributed by atoms with Crippen LogP contribution in [-0.2, 0) is 0 Å². The maximum Gasteiger partial charge on any atom is 0.167 e. The fourth-order valence-corrected chi connectivity index (χ4v) is 7.86. The second-order valence-corrected chi connectivity index (χ2v) is 12.3. The summed E-state index contributed by atoms with van der Waals surface area (Å²) in [7, 11) is 0. The number of aromatic nitrogens is 2. The van der Waals surface area contributed by atoms with Gasteiger partial charge in [-0.15, -0.1) is 22.7 Å². The zero-order valence-electron chi connectivity index (χ0n) is 16.9. The molecule has 2 aromatic carbocycles. The Kier molecular flexibility index (Phi) is 6.81. The quantitative estimate of drug-likeness (QED) is 0.185. The van der Waals surface area contributed by atoms with Crippen molar-refractivity contribution in [3.05, 3.63) is 48.5 Å². The lowest BCUT2D eigenvalue weighted by atomic mass is 9.98. The van der Waals surface area contributed by atoms with Crippen LogP contribution in [0.25, 0.3) is 20.4 Å². The van der Waals surface area contributed by atoms with Crippen LogP contribution in [0.2, 0.25) is 0 Å². The first-order valence-corrected chi connectivity index (χ1v) is 13.1. The van der Waals surface area contributed by atoms with E-state index in [1.54, 1.807) is 46.6 Å². The number of rotatable bonds is 9. The van der Waals surface area contributed by atoms with Gasteiger partial charge in [0.2, 0.25) is 0 Å². The number of unbranched alkanes of at least 4 members (excludes halogenated alkanes) is 2. The van der Waals surface area contributed by atoms with Gasteiger partial charge >= 0.3 is 0 Å². The molecule has 0 spiro atoms. The van der Waals surface area contributed by atoms with E-state index in [9.17, 15) is 0 Å². The predicted octanol–water partition coefficient (Wildman–Crippen LogP) is 8.28. The monoisotopic (exact) mass is 459 g/mol. The molecule has 0 aliphatic carbocycles. The molecule has 0 bridgehead atoms. The maximum absolute atomic E-state index is 4.86. The second-order valence-electron chi connectivity index (χ2n) is 7.60. The van der Waals surface area contributed by atoms with Gasteiger partial charge in [0.1, 0.15) is 0 Å². The normalized spacial score (nSPS) is 12.4. The number of hydrogen-bond donors (Lipinski definition) is 0. The lowest BCUT2D eigenvalue weighted by Gasteiger charge is -2.35. The highest BCUT2D eigenvalue weighted by atomic mass is 32.2. The van der Waals surface area contributed by atoms with E-state index in [1.165, 1.54) is 28.7 Å². The lowest BCUT2D eigenvalue weighted by Crippen LogP contribution is -2.34. The molecular formula is C22H25N3S4. The highest BCUT2D eigenvalue weighted by Crippen LogP contribution is 2.45. The van der Waals surface area contributed by atoms with Crippen molar-refractivity contribution in [2.45, 2.75) is 60.7 Å². The standard InChI is InChI=1S/C22H25N3S4/c1-4-5-10-15-22(2,3)25(28-20-23-16-11-6-8-13-18(16)26-20)29-21-24-17-12-7-9-14-19(17)27-21/h6-9,11-14H,4-5,10,15H2,1-3H3. The van der Waals surface area contributed by atoms with Crippen LogP contribution in [0, 0.1) is 0 Å². The van der Waals surface area contributed by atoms with Crippen molar-refractivity contribution in [1.29, 1.82) is 0 Å². The van der Waals surface area contributed by atoms with Gasteiger partial charge in [-0.05, 0) is 44.5 Å². The fraction of sp³-hybridized carbons (Fsp3) is 0.364. The number of benzene rings is 2. The van der Waals surface area contributed by atoms with E-state index in [-0.39, 0.29) is 5.54 Å². The molecule has 0 radical (unpaired) electrons. The Morgan fingerprint density at radius 1 is 0.828 bits per heavy atom. The number of fused-ring (bicyclic) bond motifs is 2. The van der Waals surface area contributed by atoms with Gasteiger partial charge in [0, 0.05) is 29.4 Å². The summed E-state index contributed by atoms with van der Waals surface area (Å²) in [4.78, 5) is 9.71. The molecule has 2 aromatic heterocycles.